The van der Waals surface area contributed by atoms with E-state index in [9.17, 15) is 0 Å². The molecule has 1 fully saturated rings. The third-order valence-electron chi connectivity index (χ3n) is 4.11. The number of benzene rings is 1. The van der Waals surface area contributed by atoms with Gasteiger partial charge >= 0.3 is 0 Å². The van der Waals surface area contributed by atoms with Crippen molar-refractivity contribution in [3.8, 4) is 0 Å². The zero-order valence-electron chi connectivity index (χ0n) is 11.9. The van der Waals surface area contributed by atoms with Crippen LogP contribution in [0, 0.1) is 0 Å². The second kappa shape index (κ2) is 4.94. The van der Waals surface area contributed by atoms with Crippen LogP contribution in [0.1, 0.15) is 25.5 Å². The van der Waals surface area contributed by atoms with Gasteiger partial charge in [-0.2, -0.15) is 5.10 Å². The van der Waals surface area contributed by atoms with Crippen molar-refractivity contribution in [3.63, 3.8) is 0 Å². The molecule has 0 spiro atoms. The van der Waals surface area contributed by atoms with Gasteiger partial charge in [-0.15, -0.1) is 0 Å². The van der Waals surface area contributed by atoms with Crippen LogP contribution in [0.3, 0.4) is 0 Å². The molecule has 1 N–H and O–H groups in total. The van der Waals surface area contributed by atoms with Crippen molar-refractivity contribution in [3.05, 3.63) is 30.0 Å². The van der Waals surface area contributed by atoms with Gasteiger partial charge in [-0.3, -0.25) is 9.58 Å². The Morgan fingerprint density at radius 3 is 3.00 bits per heavy atom. The van der Waals surface area contributed by atoms with E-state index in [1.165, 1.54) is 16.5 Å². The first-order valence-electron chi connectivity index (χ1n) is 7.04. The normalized spacial score (nSPS) is 21.4. The smallest absolute Gasteiger partial charge is 0.0679 e. The zero-order chi connectivity index (χ0) is 13.4. The van der Waals surface area contributed by atoms with Gasteiger partial charge in [0.15, 0.2) is 0 Å². The monoisotopic (exact) mass is 258 g/mol. The number of aromatic nitrogens is 2. The van der Waals surface area contributed by atoms with Crippen LogP contribution in [0.4, 0.5) is 0 Å². The van der Waals surface area contributed by atoms with Crippen LogP contribution in [0.25, 0.3) is 10.9 Å². The molecule has 1 saturated heterocycles. The average Bonchev–Trinajstić information content (AvgIpc) is 2.80. The molecule has 0 amide bonds. The van der Waals surface area contributed by atoms with E-state index in [0.717, 1.165) is 19.6 Å². The SMILES string of the molecule is CC(C)N1CCNC(c2ccc3c(cnn3C)c2)C1. The molecule has 0 radical (unpaired) electrons. The molecule has 4 nitrogen and oxygen atoms in total. The molecule has 102 valence electrons. The average molecular weight is 258 g/mol. The van der Waals surface area contributed by atoms with Crippen molar-refractivity contribution >= 4 is 10.9 Å². The molecule has 4 heteroatoms. The number of nitrogens with one attached hydrogen (secondary N) is 1. The van der Waals surface area contributed by atoms with Gasteiger partial charge in [0.25, 0.3) is 0 Å². The topological polar surface area (TPSA) is 33.1 Å². The van der Waals surface area contributed by atoms with Gasteiger partial charge in [-0.05, 0) is 31.5 Å². The molecule has 1 aromatic heterocycles. The number of hydrogen-bond donors (Lipinski definition) is 1. The molecule has 0 aliphatic carbocycles. The van der Waals surface area contributed by atoms with Crippen LogP contribution in [0.5, 0.6) is 0 Å². The van der Waals surface area contributed by atoms with Crippen LogP contribution in [0.15, 0.2) is 24.4 Å². The number of fused-ring (bicyclic) bond motifs is 1. The van der Waals surface area contributed by atoms with Crippen LogP contribution >= 0.6 is 0 Å². The fourth-order valence-electron chi connectivity index (χ4n) is 2.86. The van der Waals surface area contributed by atoms with Crippen molar-refractivity contribution in [1.29, 1.82) is 0 Å². The summed E-state index contributed by atoms with van der Waals surface area (Å²) in [6.07, 6.45) is 1.95. The first kappa shape index (κ1) is 12.6. The molecule has 1 aliphatic heterocycles. The first-order valence-corrected chi connectivity index (χ1v) is 7.04. The van der Waals surface area contributed by atoms with E-state index in [2.05, 4.69) is 47.4 Å². The van der Waals surface area contributed by atoms with Crippen molar-refractivity contribution in [2.45, 2.75) is 25.9 Å². The van der Waals surface area contributed by atoms with Crippen LogP contribution in [0.2, 0.25) is 0 Å². The fraction of sp³-hybridized carbons (Fsp3) is 0.533. The summed E-state index contributed by atoms with van der Waals surface area (Å²) in [4.78, 5) is 2.54. The highest BCUT2D eigenvalue weighted by Gasteiger charge is 2.22. The maximum atomic E-state index is 4.31. The molecule has 3 rings (SSSR count). The maximum absolute atomic E-state index is 4.31. The summed E-state index contributed by atoms with van der Waals surface area (Å²) in [6, 6.07) is 7.72. The lowest BCUT2D eigenvalue weighted by molar-refractivity contribution is 0.162. The largest absolute Gasteiger partial charge is 0.308 e. The standard InChI is InChI=1S/C15H22N4/c1-11(2)19-7-6-16-14(10-19)12-4-5-15-13(8-12)9-17-18(15)3/h4-5,8-9,11,14,16H,6-7,10H2,1-3H3. The van der Waals surface area contributed by atoms with E-state index in [0.29, 0.717) is 12.1 Å². The molecule has 2 heterocycles. The van der Waals surface area contributed by atoms with E-state index in [-0.39, 0.29) is 0 Å². The number of aryl methyl sites for hydroxylation is 1. The third-order valence-corrected chi connectivity index (χ3v) is 4.11. The third kappa shape index (κ3) is 2.38. The quantitative estimate of drug-likeness (QED) is 0.893. The second-order valence-electron chi connectivity index (χ2n) is 5.68. The molecular formula is C15H22N4. The summed E-state index contributed by atoms with van der Waals surface area (Å²) < 4.78 is 1.92. The molecule has 1 aliphatic rings. The highest BCUT2D eigenvalue weighted by molar-refractivity contribution is 5.79. The van der Waals surface area contributed by atoms with Gasteiger partial charge < -0.3 is 5.32 Å². The number of nitrogens with zero attached hydrogens (tertiary/aromatic N) is 3. The lowest BCUT2D eigenvalue weighted by atomic mass is 10.0. The van der Waals surface area contributed by atoms with Gasteiger partial charge in [0.05, 0.1) is 11.7 Å². The lowest BCUT2D eigenvalue weighted by Crippen LogP contribution is -2.48. The molecule has 1 aromatic carbocycles. The Hall–Kier alpha value is -1.39. The lowest BCUT2D eigenvalue weighted by Gasteiger charge is -2.36. The first-order chi connectivity index (χ1) is 9.15. The summed E-state index contributed by atoms with van der Waals surface area (Å²) in [5.74, 6) is 0. The maximum Gasteiger partial charge on any atom is 0.0679 e. The Kier molecular flexibility index (Phi) is 3.29. The van der Waals surface area contributed by atoms with E-state index in [4.69, 9.17) is 0 Å². The minimum Gasteiger partial charge on any atom is -0.308 e. The highest BCUT2D eigenvalue weighted by Crippen LogP contribution is 2.23. The van der Waals surface area contributed by atoms with Gasteiger partial charge in [-0.1, -0.05) is 6.07 Å². The van der Waals surface area contributed by atoms with Gasteiger partial charge in [0.2, 0.25) is 0 Å². The van der Waals surface area contributed by atoms with Crippen LogP contribution < -0.4 is 5.32 Å². The molecule has 19 heavy (non-hydrogen) atoms. The number of piperazine rings is 1. The Morgan fingerprint density at radius 1 is 1.37 bits per heavy atom. The Bertz CT molecular complexity index is 573. The van der Waals surface area contributed by atoms with Gasteiger partial charge in [0, 0.05) is 44.2 Å². The van der Waals surface area contributed by atoms with E-state index in [1.807, 2.05) is 17.9 Å². The molecule has 0 bridgehead atoms. The van der Waals surface area contributed by atoms with E-state index >= 15 is 0 Å². The summed E-state index contributed by atoms with van der Waals surface area (Å²) in [5.41, 5.74) is 2.56. The molecule has 0 saturated carbocycles. The Balaban J connectivity index is 1.87. The summed E-state index contributed by atoms with van der Waals surface area (Å²) >= 11 is 0. The van der Waals surface area contributed by atoms with E-state index in [1.54, 1.807) is 0 Å². The van der Waals surface area contributed by atoms with Gasteiger partial charge in [0.1, 0.15) is 0 Å². The number of rotatable bonds is 2. The molecule has 1 unspecified atom stereocenters. The fourth-order valence-corrected chi connectivity index (χ4v) is 2.86. The molecule has 2 aromatic rings. The highest BCUT2D eigenvalue weighted by atomic mass is 15.2. The predicted octanol–water partition coefficient (Wildman–Crippen LogP) is 1.93. The van der Waals surface area contributed by atoms with Crippen LogP contribution in [-0.4, -0.2) is 40.4 Å². The number of hydrogen-bond acceptors (Lipinski definition) is 3. The van der Waals surface area contributed by atoms with Crippen molar-refractivity contribution in [2.75, 3.05) is 19.6 Å². The molecule has 1 atom stereocenters. The summed E-state index contributed by atoms with van der Waals surface area (Å²) in [5, 5.41) is 9.16. The molecular weight excluding hydrogens is 236 g/mol. The second-order valence-corrected chi connectivity index (χ2v) is 5.68. The zero-order valence-corrected chi connectivity index (χ0v) is 11.9. The minimum absolute atomic E-state index is 0.431. The summed E-state index contributed by atoms with van der Waals surface area (Å²) in [7, 11) is 1.99. The summed E-state index contributed by atoms with van der Waals surface area (Å²) in [6.45, 7) is 7.83. The van der Waals surface area contributed by atoms with Crippen molar-refractivity contribution < 1.29 is 0 Å². The van der Waals surface area contributed by atoms with Crippen molar-refractivity contribution in [1.82, 2.24) is 20.0 Å². The predicted molar refractivity (Wildman–Crippen MR) is 78.2 cm³/mol. The minimum atomic E-state index is 0.431. The Labute approximate surface area is 114 Å². The van der Waals surface area contributed by atoms with Crippen LogP contribution in [-0.2, 0) is 7.05 Å². The Morgan fingerprint density at radius 2 is 2.21 bits per heavy atom. The van der Waals surface area contributed by atoms with Crippen molar-refractivity contribution in [2.24, 2.45) is 7.05 Å². The van der Waals surface area contributed by atoms with E-state index < -0.39 is 0 Å². The van der Waals surface area contributed by atoms with Gasteiger partial charge in [-0.25, -0.2) is 0 Å².